The summed E-state index contributed by atoms with van der Waals surface area (Å²) in [5.41, 5.74) is 0. The summed E-state index contributed by atoms with van der Waals surface area (Å²) >= 11 is 0. The van der Waals surface area contributed by atoms with Crippen molar-refractivity contribution in [2.45, 2.75) is 219 Å². The second-order valence-corrected chi connectivity index (χ2v) is 17.7. The number of carbonyl (C=O) groups is 3. The van der Waals surface area contributed by atoms with Gasteiger partial charge in [0.25, 0.3) is 0 Å². The molecule has 0 spiro atoms. The third kappa shape index (κ3) is 55.8. The Hall–Kier alpha value is -4.97. The summed E-state index contributed by atoms with van der Waals surface area (Å²) in [5, 5.41) is 0. The Morgan fingerprint density at radius 1 is 0.296 bits per heavy atom. The van der Waals surface area contributed by atoms with Crippen LogP contribution in [0.5, 0.6) is 0 Å². The summed E-state index contributed by atoms with van der Waals surface area (Å²) in [5.74, 6) is -1.05. The summed E-state index contributed by atoms with van der Waals surface area (Å²) in [7, 11) is 0. The van der Waals surface area contributed by atoms with Gasteiger partial charge in [-0.3, -0.25) is 14.4 Å². The minimum absolute atomic E-state index is 0.129. The van der Waals surface area contributed by atoms with E-state index in [0.717, 1.165) is 135 Å². The molecule has 0 aliphatic heterocycles. The lowest BCUT2D eigenvalue weighted by molar-refractivity contribution is -0.167. The molecule has 6 heteroatoms. The highest BCUT2D eigenvalue weighted by molar-refractivity contribution is 5.71. The number of hydrogen-bond acceptors (Lipinski definition) is 6. The standard InChI is InChI=1S/C65H100O6/c1-4-7-10-13-16-19-22-25-28-31-32-35-38-41-44-47-50-53-56-59-65(68)71-62(60-69-63(66)57-54-51-48-45-42-39-36-33-29-26-23-20-17-14-11-8-5-2)61-70-64(67)58-55-52-49-46-43-40-37-34-30-27-24-21-18-15-12-9-6-3/h7-8,10-11,16-21,25-30,32,35-37,39-41,44,46,49,62H,4-6,9,12-15,22-24,31,33-34,38,42-43,45,47-48,50-61H2,1-3H3/b10-7-,11-8-,19-16-,20-17-,21-18-,28-25-,29-26-,30-27-,35-32-,39-36-,40-37-,44-41-,49-46-/t62-/m1/s1. The number of ether oxygens (including phenoxy) is 3. The molecule has 0 saturated carbocycles. The molecule has 1 atom stereocenters. The minimum atomic E-state index is -0.837. The number of hydrogen-bond donors (Lipinski definition) is 0. The van der Waals surface area contributed by atoms with Crippen LogP contribution in [0, 0.1) is 0 Å². The zero-order chi connectivity index (χ0) is 51.4. The third-order valence-electron chi connectivity index (χ3n) is 11.0. The van der Waals surface area contributed by atoms with Crippen LogP contribution in [0.2, 0.25) is 0 Å². The first-order chi connectivity index (χ1) is 35.0. The normalized spacial score (nSPS) is 13.3. The predicted octanol–water partition coefficient (Wildman–Crippen LogP) is 19.0. The molecule has 0 aliphatic rings. The molecule has 0 heterocycles. The van der Waals surface area contributed by atoms with Crippen LogP contribution < -0.4 is 0 Å². The van der Waals surface area contributed by atoms with Crippen molar-refractivity contribution in [3.8, 4) is 0 Å². The van der Waals surface area contributed by atoms with E-state index < -0.39 is 6.10 Å². The Labute approximate surface area is 435 Å². The minimum Gasteiger partial charge on any atom is -0.462 e. The van der Waals surface area contributed by atoms with E-state index >= 15 is 0 Å². The van der Waals surface area contributed by atoms with Crippen LogP contribution in [0.4, 0.5) is 0 Å². The third-order valence-corrected chi connectivity index (χ3v) is 11.0. The molecule has 0 aromatic carbocycles. The van der Waals surface area contributed by atoms with Gasteiger partial charge in [-0.25, -0.2) is 0 Å². The zero-order valence-electron chi connectivity index (χ0n) is 45.2. The van der Waals surface area contributed by atoms with Crippen molar-refractivity contribution in [3.05, 3.63) is 158 Å². The fourth-order valence-corrected chi connectivity index (χ4v) is 6.86. The van der Waals surface area contributed by atoms with Crippen molar-refractivity contribution in [2.75, 3.05) is 13.2 Å². The monoisotopic (exact) mass is 977 g/mol. The summed E-state index contributed by atoms with van der Waals surface area (Å²) in [6.45, 7) is 6.27. The van der Waals surface area contributed by atoms with E-state index in [4.69, 9.17) is 14.2 Å². The first-order valence-electron chi connectivity index (χ1n) is 28.0. The van der Waals surface area contributed by atoms with Gasteiger partial charge in [0.1, 0.15) is 13.2 Å². The fraction of sp³-hybridized carbons (Fsp3) is 0.554. The average molecular weight is 978 g/mol. The van der Waals surface area contributed by atoms with Gasteiger partial charge in [0.15, 0.2) is 6.10 Å². The molecule has 6 nitrogen and oxygen atoms in total. The first-order valence-corrected chi connectivity index (χ1v) is 28.0. The second-order valence-electron chi connectivity index (χ2n) is 17.7. The Morgan fingerprint density at radius 3 is 0.915 bits per heavy atom. The van der Waals surface area contributed by atoms with E-state index in [-0.39, 0.29) is 44.0 Å². The Balaban J connectivity index is 4.62. The van der Waals surface area contributed by atoms with Crippen molar-refractivity contribution in [1.82, 2.24) is 0 Å². The first kappa shape index (κ1) is 66.0. The summed E-state index contributed by atoms with van der Waals surface area (Å²) in [6, 6.07) is 0. The molecule has 0 aromatic rings. The van der Waals surface area contributed by atoms with Crippen molar-refractivity contribution < 1.29 is 28.6 Å². The smallest absolute Gasteiger partial charge is 0.306 e. The second kappa shape index (κ2) is 57.6. The number of unbranched alkanes of at least 4 members (excludes halogenated alkanes) is 11. The molecule has 0 saturated heterocycles. The molecule has 0 aromatic heterocycles. The van der Waals surface area contributed by atoms with Crippen molar-refractivity contribution >= 4 is 17.9 Å². The van der Waals surface area contributed by atoms with Crippen molar-refractivity contribution in [3.63, 3.8) is 0 Å². The largest absolute Gasteiger partial charge is 0.462 e. The summed E-state index contributed by atoms with van der Waals surface area (Å²) in [6.07, 6.45) is 83.7. The number of allylic oxidation sites excluding steroid dienone is 26. The molecular weight excluding hydrogens is 877 g/mol. The van der Waals surface area contributed by atoms with Gasteiger partial charge in [-0.15, -0.1) is 0 Å². The van der Waals surface area contributed by atoms with E-state index in [1.807, 2.05) is 0 Å². The fourth-order valence-electron chi connectivity index (χ4n) is 6.86. The van der Waals surface area contributed by atoms with Crippen LogP contribution in [-0.4, -0.2) is 37.2 Å². The zero-order valence-corrected chi connectivity index (χ0v) is 45.2. The van der Waals surface area contributed by atoms with Gasteiger partial charge >= 0.3 is 17.9 Å². The highest BCUT2D eigenvalue weighted by atomic mass is 16.6. The Bertz CT molecular complexity index is 1640. The number of esters is 3. The lowest BCUT2D eigenvalue weighted by atomic mass is 10.1. The van der Waals surface area contributed by atoms with Gasteiger partial charge in [-0.2, -0.15) is 0 Å². The molecule has 0 N–H and O–H groups in total. The SMILES string of the molecule is CC/C=C\C/C=C\C/C=C\C/C=C\C/C=C\CCCCCC(=O)O[C@@H](COC(=O)CCC/C=C\C/C=C\C/C=C\C/C=C\CCCCC)COC(=O)CCCCCC/C=C\C/C=C\C/C=C\C/C=C\CC. The molecule has 0 unspecified atom stereocenters. The molecule has 0 bridgehead atoms. The van der Waals surface area contributed by atoms with Gasteiger partial charge in [-0.05, 0) is 141 Å². The molecule has 0 radical (unpaired) electrons. The maximum absolute atomic E-state index is 12.9. The summed E-state index contributed by atoms with van der Waals surface area (Å²) < 4.78 is 16.8. The van der Waals surface area contributed by atoms with Gasteiger partial charge < -0.3 is 14.2 Å². The molecule has 0 aliphatic carbocycles. The molecule has 396 valence electrons. The van der Waals surface area contributed by atoms with E-state index in [1.54, 1.807) is 0 Å². The maximum atomic E-state index is 12.9. The maximum Gasteiger partial charge on any atom is 0.306 e. The Morgan fingerprint density at radius 2 is 0.563 bits per heavy atom. The Kier molecular flexibility index (Phi) is 53.6. The lowest BCUT2D eigenvalue weighted by Crippen LogP contribution is -2.30. The van der Waals surface area contributed by atoms with E-state index in [9.17, 15) is 14.4 Å². The van der Waals surface area contributed by atoms with Crippen LogP contribution in [0.25, 0.3) is 0 Å². The number of rotatable bonds is 48. The van der Waals surface area contributed by atoms with E-state index in [2.05, 4.69) is 179 Å². The van der Waals surface area contributed by atoms with Gasteiger partial charge in [0.2, 0.25) is 0 Å². The highest BCUT2D eigenvalue weighted by Crippen LogP contribution is 2.11. The van der Waals surface area contributed by atoms with Crippen LogP contribution in [-0.2, 0) is 28.6 Å². The quantitative estimate of drug-likeness (QED) is 0.0262. The van der Waals surface area contributed by atoms with Gasteiger partial charge in [0.05, 0.1) is 0 Å². The molecular formula is C65H100O6. The van der Waals surface area contributed by atoms with Crippen LogP contribution >= 0.6 is 0 Å². The topological polar surface area (TPSA) is 78.9 Å². The van der Waals surface area contributed by atoms with Crippen molar-refractivity contribution in [2.24, 2.45) is 0 Å². The molecule has 0 rings (SSSR count). The van der Waals surface area contributed by atoms with Crippen molar-refractivity contribution in [1.29, 1.82) is 0 Å². The van der Waals surface area contributed by atoms with E-state index in [0.29, 0.717) is 19.3 Å². The molecule has 71 heavy (non-hydrogen) atoms. The van der Waals surface area contributed by atoms with E-state index in [1.165, 1.54) is 25.7 Å². The molecule has 0 fully saturated rings. The lowest BCUT2D eigenvalue weighted by Gasteiger charge is -2.18. The highest BCUT2D eigenvalue weighted by Gasteiger charge is 2.19. The number of carbonyl (C=O) groups excluding carboxylic acids is 3. The van der Waals surface area contributed by atoms with Crippen LogP contribution in [0.3, 0.4) is 0 Å². The molecule has 0 amide bonds. The van der Waals surface area contributed by atoms with Gasteiger partial charge in [-0.1, -0.05) is 211 Å². The van der Waals surface area contributed by atoms with Crippen LogP contribution in [0.1, 0.15) is 213 Å². The summed E-state index contributed by atoms with van der Waals surface area (Å²) in [4.78, 5) is 38.1. The van der Waals surface area contributed by atoms with Gasteiger partial charge in [0, 0.05) is 19.3 Å². The van der Waals surface area contributed by atoms with Crippen LogP contribution in [0.15, 0.2) is 158 Å². The predicted molar refractivity (Wildman–Crippen MR) is 306 cm³/mol. The average Bonchev–Trinajstić information content (AvgIpc) is 3.37.